The standard InChI is InChI=1S/C15H29N3/c1-16-14-6-4-13(5-7-14)11-17-9-10-18-8-2-3-15(18)12-17/h13-16H,2-12H2,1H3. The van der Waals surface area contributed by atoms with E-state index in [0.717, 1.165) is 18.0 Å². The van der Waals surface area contributed by atoms with Gasteiger partial charge in [-0.25, -0.2) is 0 Å². The molecular formula is C15H29N3. The molecule has 1 N–H and O–H groups in total. The van der Waals surface area contributed by atoms with Gasteiger partial charge in [0.1, 0.15) is 0 Å². The lowest BCUT2D eigenvalue weighted by atomic mass is 9.85. The third kappa shape index (κ3) is 2.89. The van der Waals surface area contributed by atoms with Crippen LogP contribution in [0.3, 0.4) is 0 Å². The fraction of sp³-hybridized carbons (Fsp3) is 1.00. The molecule has 0 spiro atoms. The molecule has 3 fully saturated rings. The molecule has 3 heteroatoms. The van der Waals surface area contributed by atoms with Crippen molar-refractivity contribution in [3.63, 3.8) is 0 Å². The molecule has 2 saturated heterocycles. The van der Waals surface area contributed by atoms with Crippen LogP contribution >= 0.6 is 0 Å². The summed E-state index contributed by atoms with van der Waals surface area (Å²) in [5, 5.41) is 3.44. The average Bonchev–Trinajstić information content (AvgIpc) is 2.87. The first-order valence-electron chi connectivity index (χ1n) is 7.99. The minimum Gasteiger partial charge on any atom is -0.317 e. The van der Waals surface area contributed by atoms with Crippen molar-refractivity contribution in [2.24, 2.45) is 5.92 Å². The van der Waals surface area contributed by atoms with E-state index in [-0.39, 0.29) is 0 Å². The Bertz CT molecular complexity index is 260. The van der Waals surface area contributed by atoms with Gasteiger partial charge in [-0.05, 0) is 58.0 Å². The molecular weight excluding hydrogens is 222 g/mol. The van der Waals surface area contributed by atoms with Crippen LogP contribution < -0.4 is 5.32 Å². The Morgan fingerprint density at radius 1 is 1.00 bits per heavy atom. The number of rotatable bonds is 3. The molecule has 0 bridgehead atoms. The number of fused-ring (bicyclic) bond motifs is 1. The molecule has 1 atom stereocenters. The van der Waals surface area contributed by atoms with Crippen molar-refractivity contribution in [1.82, 2.24) is 15.1 Å². The molecule has 0 radical (unpaired) electrons. The summed E-state index contributed by atoms with van der Waals surface area (Å²) in [4.78, 5) is 5.48. The molecule has 3 nitrogen and oxygen atoms in total. The minimum atomic E-state index is 0.799. The minimum absolute atomic E-state index is 0.799. The van der Waals surface area contributed by atoms with E-state index in [4.69, 9.17) is 0 Å². The van der Waals surface area contributed by atoms with Crippen LogP contribution in [0.1, 0.15) is 38.5 Å². The van der Waals surface area contributed by atoms with E-state index in [1.54, 1.807) is 0 Å². The molecule has 0 aromatic rings. The van der Waals surface area contributed by atoms with Gasteiger partial charge in [0.2, 0.25) is 0 Å². The maximum absolute atomic E-state index is 3.44. The topological polar surface area (TPSA) is 18.5 Å². The lowest BCUT2D eigenvalue weighted by Gasteiger charge is -2.40. The monoisotopic (exact) mass is 251 g/mol. The summed E-state index contributed by atoms with van der Waals surface area (Å²) in [5.74, 6) is 0.975. The second-order valence-electron chi connectivity index (χ2n) is 6.60. The third-order valence-electron chi connectivity index (χ3n) is 5.44. The average molecular weight is 251 g/mol. The first kappa shape index (κ1) is 12.9. The Kier molecular flexibility index (Phi) is 4.22. The summed E-state index contributed by atoms with van der Waals surface area (Å²) in [5.41, 5.74) is 0. The van der Waals surface area contributed by atoms with Crippen molar-refractivity contribution in [1.29, 1.82) is 0 Å². The maximum atomic E-state index is 3.44. The Hall–Kier alpha value is -0.120. The summed E-state index contributed by atoms with van der Waals surface area (Å²) in [7, 11) is 2.12. The van der Waals surface area contributed by atoms with Crippen molar-refractivity contribution in [2.45, 2.75) is 50.6 Å². The zero-order chi connectivity index (χ0) is 12.4. The van der Waals surface area contributed by atoms with Crippen LogP contribution in [0, 0.1) is 5.92 Å². The Morgan fingerprint density at radius 3 is 2.61 bits per heavy atom. The molecule has 2 heterocycles. The summed E-state index contributed by atoms with van der Waals surface area (Å²) < 4.78 is 0. The highest BCUT2D eigenvalue weighted by Crippen LogP contribution is 2.27. The highest BCUT2D eigenvalue weighted by atomic mass is 15.3. The molecule has 3 rings (SSSR count). The second-order valence-corrected chi connectivity index (χ2v) is 6.60. The smallest absolute Gasteiger partial charge is 0.0224 e. The Morgan fingerprint density at radius 2 is 1.83 bits per heavy atom. The predicted molar refractivity (Wildman–Crippen MR) is 75.8 cm³/mol. The normalized spacial score (nSPS) is 38.8. The number of hydrogen-bond acceptors (Lipinski definition) is 3. The maximum Gasteiger partial charge on any atom is 0.0224 e. The molecule has 1 saturated carbocycles. The first-order valence-corrected chi connectivity index (χ1v) is 7.99. The van der Waals surface area contributed by atoms with Crippen LogP contribution in [-0.4, -0.2) is 61.7 Å². The first-order chi connectivity index (χ1) is 8.85. The van der Waals surface area contributed by atoms with Gasteiger partial charge in [0.05, 0.1) is 0 Å². The summed E-state index contributed by atoms with van der Waals surface area (Å²) in [6.07, 6.45) is 8.55. The molecule has 1 aliphatic carbocycles. The second kappa shape index (κ2) is 5.89. The lowest BCUT2D eigenvalue weighted by molar-refractivity contribution is 0.0837. The highest BCUT2D eigenvalue weighted by molar-refractivity contribution is 4.88. The van der Waals surface area contributed by atoms with Gasteiger partial charge in [-0.15, -0.1) is 0 Å². The largest absolute Gasteiger partial charge is 0.317 e. The number of piperazine rings is 1. The van der Waals surface area contributed by atoms with Crippen molar-refractivity contribution < 1.29 is 0 Å². The predicted octanol–water partition coefficient (Wildman–Crippen LogP) is 1.54. The van der Waals surface area contributed by atoms with Gasteiger partial charge in [-0.2, -0.15) is 0 Å². The number of nitrogens with one attached hydrogen (secondary N) is 1. The zero-order valence-corrected chi connectivity index (χ0v) is 11.9. The van der Waals surface area contributed by atoms with E-state index < -0.39 is 0 Å². The molecule has 0 aromatic heterocycles. The summed E-state index contributed by atoms with van der Waals surface area (Å²) in [6, 6.07) is 1.69. The molecule has 2 aliphatic heterocycles. The van der Waals surface area contributed by atoms with Gasteiger partial charge in [-0.1, -0.05) is 0 Å². The number of nitrogens with zero attached hydrogens (tertiary/aromatic N) is 2. The van der Waals surface area contributed by atoms with Crippen LogP contribution in [0.25, 0.3) is 0 Å². The van der Waals surface area contributed by atoms with Crippen molar-refractivity contribution in [3.8, 4) is 0 Å². The third-order valence-corrected chi connectivity index (χ3v) is 5.44. The number of hydrogen-bond donors (Lipinski definition) is 1. The van der Waals surface area contributed by atoms with E-state index in [0.29, 0.717) is 0 Å². The van der Waals surface area contributed by atoms with Gasteiger partial charge in [0, 0.05) is 38.3 Å². The fourth-order valence-electron chi connectivity index (χ4n) is 4.22. The van der Waals surface area contributed by atoms with E-state index in [2.05, 4.69) is 22.2 Å². The Labute approximate surface area is 112 Å². The summed E-state index contributed by atoms with van der Waals surface area (Å²) in [6.45, 7) is 6.75. The zero-order valence-electron chi connectivity index (χ0n) is 11.9. The molecule has 0 amide bonds. The van der Waals surface area contributed by atoms with E-state index in [9.17, 15) is 0 Å². The van der Waals surface area contributed by atoms with E-state index >= 15 is 0 Å². The van der Waals surface area contributed by atoms with Gasteiger partial charge in [-0.3, -0.25) is 4.90 Å². The van der Waals surface area contributed by atoms with Crippen molar-refractivity contribution >= 4 is 0 Å². The van der Waals surface area contributed by atoms with Crippen LogP contribution in [0.2, 0.25) is 0 Å². The SMILES string of the molecule is CNC1CCC(CN2CCN3CCCC3C2)CC1. The molecule has 3 aliphatic rings. The van der Waals surface area contributed by atoms with Crippen molar-refractivity contribution in [3.05, 3.63) is 0 Å². The lowest BCUT2D eigenvalue weighted by Crippen LogP contribution is -2.51. The van der Waals surface area contributed by atoms with Gasteiger partial charge in [0.15, 0.2) is 0 Å². The van der Waals surface area contributed by atoms with Crippen LogP contribution in [0.5, 0.6) is 0 Å². The van der Waals surface area contributed by atoms with Crippen LogP contribution in [0.4, 0.5) is 0 Å². The van der Waals surface area contributed by atoms with E-state index in [1.165, 1.54) is 71.2 Å². The molecule has 0 aromatic carbocycles. The van der Waals surface area contributed by atoms with Crippen LogP contribution in [0.15, 0.2) is 0 Å². The van der Waals surface area contributed by atoms with Gasteiger partial charge in [0.25, 0.3) is 0 Å². The quantitative estimate of drug-likeness (QED) is 0.821. The molecule has 104 valence electrons. The van der Waals surface area contributed by atoms with Gasteiger partial charge >= 0.3 is 0 Å². The molecule has 18 heavy (non-hydrogen) atoms. The highest BCUT2D eigenvalue weighted by Gasteiger charge is 2.31. The van der Waals surface area contributed by atoms with E-state index in [1.807, 2.05) is 0 Å². The molecule has 1 unspecified atom stereocenters. The van der Waals surface area contributed by atoms with Crippen LogP contribution in [-0.2, 0) is 0 Å². The fourth-order valence-corrected chi connectivity index (χ4v) is 4.22. The Balaban J connectivity index is 1.43. The van der Waals surface area contributed by atoms with Gasteiger partial charge < -0.3 is 10.2 Å². The van der Waals surface area contributed by atoms with Crippen molar-refractivity contribution in [2.75, 3.05) is 39.8 Å². The summed E-state index contributed by atoms with van der Waals surface area (Å²) >= 11 is 0.